The number of hydrogen-bond acceptors (Lipinski definition) is 4. The fourth-order valence-corrected chi connectivity index (χ4v) is 1.51. The smallest absolute Gasteiger partial charge is 0.327 e. The zero-order chi connectivity index (χ0) is 12.8. The van der Waals surface area contributed by atoms with Gasteiger partial charge < -0.3 is 15.2 Å². The average molecular weight is 237 g/mol. The fourth-order valence-electron chi connectivity index (χ4n) is 1.51. The molecule has 94 valence electrons. The zero-order valence-corrected chi connectivity index (χ0v) is 10.4. The van der Waals surface area contributed by atoms with Gasteiger partial charge in [0.1, 0.15) is 11.8 Å². The third kappa shape index (κ3) is 4.07. The van der Waals surface area contributed by atoms with Gasteiger partial charge in [-0.25, -0.2) is 4.79 Å². The monoisotopic (exact) mass is 237 g/mol. The van der Waals surface area contributed by atoms with Crippen molar-refractivity contribution in [1.82, 2.24) is 5.32 Å². The Kier molecular flexibility index (Phi) is 4.97. The zero-order valence-electron chi connectivity index (χ0n) is 10.4. The number of phenols is 1. The Morgan fingerprint density at radius 3 is 2.71 bits per heavy atom. The topological polar surface area (TPSA) is 58.6 Å². The molecule has 1 atom stereocenters. The van der Waals surface area contributed by atoms with Crippen LogP contribution in [0.5, 0.6) is 5.75 Å². The van der Waals surface area contributed by atoms with Gasteiger partial charge in [-0.05, 0) is 30.2 Å². The highest BCUT2D eigenvalue weighted by Gasteiger charge is 2.21. The number of benzene rings is 1. The maximum atomic E-state index is 11.7. The van der Waals surface area contributed by atoms with Crippen LogP contribution in [0, 0.1) is 5.92 Å². The fraction of sp³-hybridized carbons (Fsp3) is 0.462. The summed E-state index contributed by atoms with van der Waals surface area (Å²) in [4.78, 5) is 11.7. The van der Waals surface area contributed by atoms with E-state index in [4.69, 9.17) is 4.74 Å². The number of esters is 1. The normalized spacial score (nSPS) is 12.5. The molecule has 0 saturated heterocycles. The molecule has 0 saturated carbocycles. The van der Waals surface area contributed by atoms with Gasteiger partial charge in [0.25, 0.3) is 0 Å². The molecule has 1 unspecified atom stereocenters. The Hall–Kier alpha value is -1.55. The number of ether oxygens (including phenoxy) is 1. The second-order valence-corrected chi connectivity index (χ2v) is 4.35. The molecule has 1 aromatic rings. The van der Waals surface area contributed by atoms with E-state index in [0.29, 0.717) is 18.0 Å². The number of nitrogens with one attached hydrogen (secondary N) is 1. The van der Waals surface area contributed by atoms with Crippen molar-refractivity contribution in [3.05, 3.63) is 29.8 Å². The minimum atomic E-state index is -0.533. The van der Waals surface area contributed by atoms with E-state index in [1.165, 1.54) is 7.11 Å². The van der Waals surface area contributed by atoms with E-state index in [9.17, 15) is 9.90 Å². The van der Waals surface area contributed by atoms with E-state index < -0.39 is 6.04 Å². The van der Waals surface area contributed by atoms with Crippen molar-refractivity contribution >= 4 is 5.97 Å². The first kappa shape index (κ1) is 13.5. The van der Waals surface area contributed by atoms with Crippen LogP contribution in [0.3, 0.4) is 0 Å². The van der Waals surface area contributed by atoms with Gasteiger partial charge in [0.2, 0.25) is 0 Å². The summed E-state index contributed by atoms with van der Waals surface area (Å²) in [5.41, 5.74) is 0.706. The first-order valence-electron chi connectivity index (χ1n) is 5.64. The van der Waals surface area contributed by atoms with E-state index in [1.54, 1.807) is 24.3 Å². The minimum absolute atomic E-state index is 0.141. The standard InChI is InChI=1S/C13H19NO3/c1-9(2)8-14-12(13(16)17-3)10-5-4-6-11(15)7-10/h4-7,9,12,14-15H,8H2,1-3H3. The lowest BCUT2D eigenvalue weighted by molar-refractivity contribution is -0.143. The molecule has 0 aliphatic carbocycles. The first-order chi connectivity index (χ1) is 8.04. The Morgan fingerprint density at radius 2 is 2.18 bits per heavy atom. The molecule has 1 aromatic carbocycles. The molecule has 2 N–H and O–H groups in total. The predicted molar refractivity (Wildman–Crippen MR) is 65.7 cm³/mol. The van der Waals surface area contributed by atoms with Crippen LogP contribution in [-0.4, -0.2) is 24.7 Å². The third-order valence-corrected chi connectivity index (χ3v) is 2.37. The van der Waals surface area contributed by atoms with Crippen molar-refractivity contribution in [1.29, 1.82) is 0 Å². The number of methoxy groups -OCH3 is 1. The molecule has 0 radical (unpaired) electrons. The number of carbonyl (C=O) groups is 1. The highest BCUT2D eigenvalue weighted by atomic mass is 16.5. The maximum Gasteiger partial charge on any atom is 0.327 e. The second kappa shape index (κ2) is 6.25. The molecule has 4 nitrogen and oxygen atoms in total. The van der Waals surface area contributed by atoms with Crippen LogP contribution in [0.15, 0.2) is 24.3 Å². The van der Waals surface area contributed by atoms with Crippen molar-refractivity contribution in [3.8, 4) is 5.75 Å². The third-order valence-electron chi connectivity index (χ3n) is 2.37. The van der Waals surface area contributed by atoms with Crippen LogP contribution in [0.2, 0.25) is 0 Å². The molecule has 1 rings (SSSR count). The lowest BCUT2D eigenvalue weighted by Gasteiger charge is -2.18. The minimum Gasteiger partial charge on any atom is -0.508 e. The summed E-state index contributed by atoms with van der Waals surface area (Å²) in [6.07, 6.45) is 0. The molecule has 0 amide bonds. The largest absolute Gasteiger partial charge is 0.508 e. The molecular formula is C13H19NO3. The van der Waals surface area contributed by atoms with Crippen molar-refractivity contribution < 1.29 is 14.6 Å². The van der Waals surface area contributed by atoms with Crippen LogP contribution >= 0.6 is 0 Å². The molecular weight excluding hydrogens is 218 g/mol. The van der Waals surface area contributed by atoms with E-state index in [2.05, 4.69) is 19.2 Å². The van der Waals surface area contributed by atoms with Crippen LogP contribution in [-0.2, 0) is 9.53 Å². The predicted octanol–water partition coefficient (Wildman–Crippen LogP) is 1.85. The summed E-state index contributed by atoms with van der Waals surface area (Å²) in [7, 11) is 1.36. The molecule has 0 spiro atoms. The average Bonchev–Trinajstić information content (AvgIpc) is 2.28. The van der Waals surface area contributed by atoms with E-state index in [1.807, 2.05) is 0 Å². The van der Waals surface area contributed by atoms with Gasteiger partial charge in [-0.2, -0.15) is 0 Å². The van der Waals surface area contributed by atoms with Gasteiger partial charge in [0.15, 0.2) is 0 Å². The molecule has 0 aliphatic heterocycles. The Bertz CT molecular complexity index is 377. The molecule has 0 fully saturated rings. The number of hydrogen-bond donors (Lipinski definition) is 2. The highest BCUT2D eigenvalue weighted by molar-refractivity contribution is 5.77. The van der Waals surface area contributed by atoms with E-state index >= 15 is 0 Å². The van der Waals surface area contributed by atoms with Gasteiger partial charge in [0.05, 0.1) is 7.11 Å². The first-order valence-corrected chi connectivity index (χ1v) is 5.64. The lowest BCUT2D eigenvalue weighted by Crippen LogP contribution is -2.32. The number of phenolic OH excluding ortho intramolecular Hbond substituents is 1. The summed E-state index contributed by atoms with van der Waals surface area (Å²) in [6, 6.07) is 6.09. The van der Waals surface area contributed by atoms with Crippen molar-refractivity contribution in [3.63, 3.8) is 0 Å². The van der Waals surface area contributed by atoms with Gasteiger partial charge in [-0.3, -0.25) is 0 Å². The van der Waals surface area contributed by atoms with Crippen LogP contribution in [0.4, 0.5) is 0 Å². The van der Waals surface area contributed by atoms with Crippen molar-refractivity contribution in [2.75, 3.05) is 13.7 Å². The Labute approximate surface area is 102 Å². The highest BCUT2D eigenvalue weighted by Crippen LogP contribution is 2.19. The lowest BCUT2D eigenvalue weighted by atomic mass is 10.1. The van der Waals surface area contributed by atoms with E-state index in [-0.39, 0.29) is 11.7 Å². The quantitative estimate of drug-likeness (QED) is 0.767. The summed E-state index contributed by atoms with van der Waals surface area (Å²) in [5.74, 6) is 0.221. The van der Waals surface area contributed by atoms with Crippen LogP contribution < -0.4 is 5.32 Å². The molecule has 0 aromatic heterocycles. The molecule has 0 aliphatic rings. The summed E-state index contributed by atoms with van der Waals surface area (Å²) in [6.45, 7) is 4.82. The van der Waals surface area contributed by atoms with Crippen LogP contribution in [0.25, 0.3) is 0 Å². The van der Waals surface area contributed by atoms with Gasteiger partial charge in [-0.15, -0.1) is 0 Å². The van der Waals surface area contributed by atoms with Gasteiger partial charge >= 0.3 is 5.97 Å². The molecule has 0 heterocycles. The second-order valence-electron chi connectivity index (χ2n) is 4.35. The number of aromatic hydroxyl groups is 1. The summed E-state index contributed by atoms with van der Waals surface area (Å²) < 4.78 is 4.76. The van der Waals surface area contributed by atoms with Crippen molar-refractivity contribution in [2.45, 2.75) is 19.9 Å². The Balaban J connectivity index is 2.86. The summed E-state index contributed by atoms with van der Waals surface area (Å²) in [5, 5.41) is 12.5. The van der Waals surface area contributed by atoms with Crippen LogP contribution in [0.1, 0.15) is 25.5 Å². The van der Waals surface area contributed by atoms with Gasteiger partial charge in [0, 0.05) is 0 Å². The molecule has 0 bridgehead atoms. The Morgan fingerprint density at radius 1 is 1.47 bits per heavy atom. The summed E-state index contributed by atoms with van der Waals surface area (Å²) >= 11 is 0. The maximum absolute atomic E-state index is 11.7. The SMILES string of the molecule is COC(=O)C(NCC(C)C)c1cccc(O)c1. The number of carbonyl (C=O) groups excluding carboxylic acids is 1. The van der Waals surface area contributed by atoms with Gasteiger partial charge in [-0.1, -0.05) is 26.0 Å². The molecule has 17 heavy (non-hydrogen) atoms. The molecule has 4 heteroatoms. The van der Waals surface area contributed by atoms with Crippen molar-refractivity contribution in [2.24, 2.45) is 5.92 Å². The number of rotatable bonds is 5. The van der Waals surface area contributed by atoms with E-state index in [0.717, 1.165) is 0 Å².